The van der Waals surface area contributed by atoms with Crippen LogP contribution in [-0.2, 0) is 9.59 Å². The van der Waals surface area contributed by atoms with Gasteiger partial charge in [-0.25, -0.2) is 4.79 Å². The van der Waals surface area contributed by atoms with E-state index < -0.39 is 6.03 Å². The second-order valence-corrected chi connectivity index (χ2v) is 2.73. The van der Waals surface area contributed by atoms with Crippen molar-refractivity contribution >= 4 is 17.6 Å². The Hall–Kier alpha value is -1.43. The topological polar surface area (TPSA) is 115 Å². The standard InChI is InChI=1S/2C4H8O.C2H6N2O.CH5N/c2*1-3-4(2)5;1-4-2(3)5;1-2/h2*3H2,1-2H3;1H3,(H3,3,4,5);2H2,1H3. The molecule has 0 radical (unpaired) electrons. The molecule has 0 aliphatic carbocycles. The molecule has 0 fully saturated rings. The van der Waals surface area contributed by atoms with E-state index in [1.54, 1.807) is 13.8 Å². The summed E-state index contributed by atoms with van der Waals surface area (Å²) in [5.41, 5.74) is 9.04. The Morgan fingerprint density at radius 3 is 1.06 bits per heavy atom. The molecule has 0 bridgehead atoms. The quantitative estimate of drug-likeness (QED) is 0.672. The fourth-order valence-corrected chi connectivity index (χ4v) is 0. The highest BCUT2D eigenvalue weighted by Crippen LogP contribution is 1.72. The van der Waals surface area contributed by atoms with E-state index in [2.05, 4.69) is 16.8 Å². The summed E-state index contributed by atoms with van der Waals surface area (Å²) in [7, 11) is 2.97. The van der Waals surface area contributed by atoms with Crippen LogP contribution in [0, 0.1) is 0 Å². The van der Waals surface area contributed by atoms with Crippen molar-refractivity contribution in [2.75, 3.05) is 14.1 Å². The maximum atomic E-state index is 9.81. The summed E-state index contributed by atoms with van der Waals surface area (Å²) in [4.78, 5) is 29.1. The van der Waals surface area contributed by atoms with Gasteiger partial charge >= 0.3 is 6.03 Å². The highest BCUT2D eigenvalue weighted by molar-refractivity contribution is 5.75. The third kappa shape index (κ3) is 110. The second-order valence-electron chi connectivity index (χ2n) is 2.73. The molecule has 0 spiro atoms. The molecule has 5 N–H and O–H groups in total. The zero-order chi connectivity index (χ0) is 14.9. The van der Waals surface area contributed by atoms with Crippen LogP contribution in [0.3, 0.4) is 0 Å². The largest absolute Gasteiger partial charge is 0.352 e. The maximum Gasteiger partial charge on any atom is 0.311 e. The molecule has 0 aromatic rings. The molecular weight excluding hydrogens is 222 g/mol. The molecule has 0 heterocycles. The third-order valence-electron chi connectivity index (χ3n) is 1.24. The normalized spacial score (nSPS) is 6.76. The molecule has 104 valence electrons. The van der Waals surface area contributed by atoms with Crippen molar-refractivity contribution < 1.29 is 14.4 Å². The van der Waals surface area contributed by atoms with Gasteiger partial charge in [-0.15, -0.1) is 0 Å². The maximum absolute atomic E-state index is 9.81. The van der Waals surface area contributed by atoms with E-state index >= 15 is 0 Å². The van der Waals surface area contributed by atoms with Crippen LogP contribution >= 0.6 is 0 Å². The number of nitrogens with one attached hydrogen (secondary N) is 1. The fraction of sp³-hybridized carbons (Fsp3) is 0.727. The van der Waals surface area contributed by atoms with E-state index in [0.717, 1.165) is 0 Å². The van der Waals surface area contributed by atoms with Crippen LogP contribution in [0.2, 0.25) is 0 Å². The smallest absolute Gasteiger partial charge is 0.311 e. The van der Waals surface area contributed by atoms with Crippen LogP contribution in [0.25, 0.3) is 0 Å². The van der Waals surface area contributed by atoms with Gasteiger partial charge in [-0.1, -0.05) is 13.8 Å². The van der Waals surface area contributed by atoms with Crippen LogP contribution in [0.4, 0.5) is 4.79 Å². The number of rotatable bonds is 2. The van der Waals surface area contributed by atoms with Crippen molar-refractivity contribution in [1.82, 2.24) is 5.32 Å². The minimum Gasteiger partial charge on any atom is -0.352 e. The number of Topliss-reactive ketones (excluding diaryl/α,β-unsaturated/α-hetero) is 2. The lowest BCUT2D eigenvalue weighted by Gasteiger charge is -1.80. The number of amides is 2. The Labute approximate surface area is 104 Å². The highest BCUT2D eigenvalue weighted by Gasteiger charge is 1.77. The molecule has 0 saturated carbocycles. The van der Waals surface area contributed by atoms with Crippen molar-refractivity contribution in [1.29, 1.82) is 0 Å². The number of carbonyl (C=O) groups is 3. The van der Waals surface area contributed by atoms with Crippen molar-refractivity contribution in [3.05, 3.63) is 0 Å². The Balaban J connectivity index is -0.0000000693. The van der Waals surface area contributed by atoms with Gasteiger partial charge in [-0.2, -0.15) is 0 Å². The lowest BCUT2D eigenvalue weighted by molar-refractivity contribution is -0.117. The first-order valence-electron chi connectivity index (χ1n) is 5.35. The van der Waals surface area contributed by atoms with Crippen LogP contribution in [-0.4, -0.2) is 31.7 Å². The van der Waals surface area contributed by atoms with E-state index in [4.69, 9.17) is 0 Å². The van der Waals surface area contributed by atoms with Crippen molar-refractivity contribution in [2.45, 2.75) is 40.5 Å². The second kappa shape index (κ2) is 24.0. The highest BCUT2D eigenvalue weighted by atomic mass is 16.2. The van der Waals surface area contributed by atoms with Gasteiger partial charge < -0.3 is 26.4 Å². The number of hydrogen-bond acceptors (Lipinski definition) is 4. The minimum absolute atomic E-state index is 0.255. The van der Waals surface area contributed by atoms with Gasteiger partial charge in [0.15, 0.2) is 0 Å². The SMILES string of the molecule is CCC(C)=O.CCC(C)=O.CN.CNC(N)=O. The molecular formula is C11H27N3O3. The zero-order valence-electron chi connectivity index (χ0n) is 11.8. The zero-order valence-corrected chi connectivity index (χ0v) is 11.8. The molecule has 6 heteroatoms. The van der Waals surface area contributed by atoms with Crippen molar-refractivity contribution in [3.63, 3.8) is 0 Å². The van der Waals surface area contributed by atoms with Crippen molar-refractivity contribution in [2.24, 2.45) is 11.5 Å². The van der Waals surface area contributed by atoms with Crippen LogP contribution in [0.5, 0.6) is 0 Å². The first-order valence-corrected chi connectivity index (χ1v) is 5.35. The summed E-state index contributed by atoms with van der Waals surface area (Å²) in [6.07, 6.45) is 1.33. The summed E-state index contributed by atoms with van der Waals surface area (Å²) in [6, 6.07) is -0.495. The van der Waals surface area contributed by atoms with E-state index in [9.17, 15) is 14.4 Å². The van der Waals surface area contributed by atoms with E-state index in [-0.39, 0.29) is 11.6 Å². The molecule has 0 unspecified atom stereocenters. The first-order chi connectivity index (χ1) is 7.81. The molecule has 17 heavy (non-hydrogen) atoms. The Kier molecular flexibility index (Phi) is 34.9. The molecule has 0 rings (SSSR count). The average molecular weight is 249 g/mol. The van der Waals surface area contributed by atoms with Gasteiger partial charge in [0.25, 0.3) is 0 Å². The number of carbonyl (C=O) groups excluding carboxylic acids is 3. The van der Waals surface area contributed by atoms with Crippen LogP contribution in [0.15, 0.2) is 0 Å². The molecule has 0 saturated heterocycles. The van der Waals surface area contributed by atoms with Crippen LogP contribution in [0.1, 0.15) is 40.5 Å². The van der Waals surface area contributed by atoms with E-state index in [1.165, 1.54) is 14.1 Å². The summed E-state index contributed by atoms with van der Waals surface area (Å²) < 4.78 is 0. The van der Waals surface area contributed by atoms with Gasteiger partial charge in [0.05, 0.1) is 0 Å². The number of hydrogen-bond donors (Lipinski definition) is 3. The Bertz CT molecular complexity index is 161. The van der Waals surface area contributed by atoms with Gasteiger partial charge in [-0.05, 0) is 20.9 Å². The summed E-state index contributed by atoms with van der Waals surface area (Å²) in [5, 5.41) is 2.17. The first kappa shape index (κ1) is 24.7. The fourth-order valence-electron chi connectivity index (χ4n) is 0. The molecule has 0 atom stereocenters. The molecule has 0 aromatic heterocycles. The lowest BCUT2D eigenvalue weighted by Crippen LogP contribution is -2.24. The van der Waals surface area contributed by atoms with E-state index in [1.807, 2.05) is 13.8 Å². The number of urea groups is 1. The van der Waals surface area contributed by atoms with Gasteiger partial charge in [0.1, 0.15) is 11.6 Å². The molecule has 0 aliphatic heterocycles. The number of ketones is 2. The number of primary amides is 1. The Morgan fingerprint density at radius 1 is 0.941 bits per heavy atom. The number of nitrogens with two attached hydrogens (primary N) is 2. The molecule has 2 amide bonds. The summed E-state index contributed by atoms with van der Waals surface area (Å²) >= 11 is 0. The predicted octanol–water partition coefficient (Wildman–Crippen LogP) is 0.830. The minimum atomic E-state index is -0.495. The monoisotopic (exact) mass is 249 g/mol. The van der Waals surface area contributed by atoms with E-state index in [0.29, 0.717) is 12.8 Å². The third-order valence-corrected chi connectivity index (χ3v) is 1.24. The molecule has 0 aliphatic rings. The lowest BCUT2D eigenvalue weighted by atomic mass is 10.4. The summed E-state index contributed by atoms with van der Waals surface area (Å²) in [6.45, 7) is 6.87. The van der Waals surface area contributed by atoms with Crippen LogP contribution < -0.4 is 16.8 Å². The average Bonchev–Trinajstić information content (AvgIpc) is 2.32. The Morgan fingerprint density at radius 2 is 1.06 bits per heavy atom. The summed E-state index contributed by atoms with van der Waals surface area (Å²) in [5.74, 6) is 0.509. The molecule has 6 nitrogen and oxygen atoms in total. The van der Waals surface area contributed by atoms with Gasteiger partial charge in [-0.3, -0.25) is 0 Å². The van der Waals surface area contributed by atoms with Crippen molar-refractivity contribution in [3.8, 4) is 0 Å². The van der Waals surface area contributed by atoms with Gasteiger partial charge in [0, 0.05) is 19.9 Å². The predicted molar refractivity (Wildman–Crippen MR) is 70.7 cm³/mol. The van der Waals surface area contributed by atoms with Gasteiger partial charge in [0.2, 0.25) is 0 Å². The molecule has 0 aromatic carbocycles.